The van der Waals surface area contributed by atoms with E-state index in [4.69, 9.17) is 34.3 Å². The van der Waals surface area contributed by atoms with Crippen LogP contribution in [0.3, 0.4) is 0 Å². The van der Waals surface area contributed by atoms with Gasteiger partial charge >= 0.3 is 22.8 Å². The molecule has 0 bridgehead atoms. The first-order valence-corrected chi connectivity index (χ1v) is 12.4. The van der Waals surface area contributed by atoms with Gasteiger partial charge in [-0.3, -0.25) is 18.3 Å². The van der Waals surface area contributed by atoms with Crippen molar-refractivity contribution in [1.82, 2.24) is 0 Å². The minimum atomic E-state index is -4.75. The van der Waals surface area contributed by atoms with Crippen LogP contribution in [0.15, 0.2) is 0 Å². The molecule has 0 rings (SSSR count). The molecule has 0 aromatic carbocycles. The molecule has 0 saturated heterocycles. The predicted octanol–water partition coefficient (Wildman–Crippen LogP) is 0.878. The second kappa shape index (κ2) is 6.87. The van der Waals surface area contributed by atoms with Gasteiger partial charge in [-0.1, -0.05) is 0 Å². The average Bonchev–Trinajstić information content (AvgIpc) is 2.10. The highest BCUT2D eigenvalue weighted by Crippen LogP contribution is 2.69. The fourth-order valence-corrected chi connectivity index (χ4v) is 3.70. The molecule has 0 aromatic heterocycles. The van der Waals surface area contributed by atoms with E-state index in [1.807, 2.05) is 0 Å². The molecule has 0 aromatic rings. The summed E-state index contributed by atoms with van der Waals surface area (Å²) in [5.74, 6) is 0. The minimum absolute atomic E-state index is 0.828. The molecular weight excluding hydrogens is 384 g/mol. The molecule has 0 spiro atoms. The van der Waals surface area contributed by atoms with E-state index < -0.39 is 40.0 Å². The first-order valence-electron chi connectivity index (χ1n) is 5.47. The van der Waals surface area contributed by atoms with E-state index in [1.165, 1.54) is 0 Å². The molecule has 1 atom stereocenters. The van der Waals surface area contributed by atoms with Crippen LogP contribution in [-0.2, 0) is 18.3 Å². The maximum atomic E-state index is 10.9. The number of hydrogen-bond acceptors (Lipinski definition) is 4. The van der Waals surface area contributed by atoms with Crippen LogP contribution in [0.4, 0.5) is 0 Å². The van der Waals surface area contributed by atoms with Gasteiger partial charge in [0.05, 0.1) is 0 Å². The van der Waals surface area contributed by atoms with Crippen LogP contribution in [0, 0.1) is 0 Å². The Morgan fingerprint density at radius 3 is 0.727 bits per heavy atom. The number of hydrogen-bond donors (Lipinski definition) is 7. The third kappa shape index (κ3) is 5.93. The molecule has 11 nitrogen and oxygen atoms in total. The van der Waals surface area contributed by atoms with Gasteiger partial charge in [-0.2, -0.15) is 0 Å². The normalized spacial score (nSPS) is 17.3. The lowest BCUT2D eigenvalue weighted by molar-refractivity contribution is 0.318. The van der Waals surface area contributed by atoms with Gasteiger partial charge in [0.15, 0.2) is 4.90 Å². The molecule has 22 heavy (non-hydrogen) atoms. The van der Waals surface area contributed by atoms with Gasteiger partial charge in [-0.25, -0.2) is 0 Å². The summed E-state index contributed by atoms with van der Waals surface area (Å²) in [6.07, 6.45) is 0. The lowest BCUT2D eigenvalue weighted by Gasteiger charge is -2.27. The van der Waals surface area contributed by atoms with E-state index in [1.54, 1.807) is 0 Å². The second-order valence-electron chi connectivity index (χ2n) is 5.50. The number of rotatable bonds is 4. The average molecular weight is 406 g/mol. The van der Waals surface area contributed by atoms with Crippen LogP contribution in [0.25, 0.3) is 0 Å². The molecule has 0 heterocycles. The van der Waals surface area contributed by atoms with Crippen molar-refractivity contribution in [2.24, 2.45) is 0 Å². The Balaban J connectivity index is 0. The predicted molar refractivity (Wildman–Crippen MR) is 80.0 cm³/mol. The molecular formula is C7H22O11P4. The van der Waals surface area contributed by atoms with Gasteiger partial charge in [0.2, 0.25) is 7.37 Å². The molecule has 0 aliphatic carbocycles. The summed E-state index contributed by atoms with van der Waals surface area (Å²) < 4.78 is 42.6. The third-order valence-corrected chi connectivity index (χ3v) is 12.9. The summed E-state index contributed by atoms with van der Waals surface area (Å²) in [5.41, 5.74) is 0. The van der Waals surface area contributed by atoms with Crippen LogP contribution in [-0.4, -0.2) is 50.7 Å². The maximum Gasteiger partial charge on any atom is 0.343 e. The molecule has 0 aliphatic heterocycles. The van der Waals surface area contributed by atoms with Crippen molar-refractivity contribution in [1.29, 1.82) is 0 Å². The fraction of sp³-hybridized carbons (Fsp3) is 1.00. The zero-order valence-corrected chi connectivity index (χ0v) is 16.1. The summed E-state index contributed by atoms with van der Waals surface area (Å²) >= 11 is 0. The largest absolute Gasteiger partial charge is 0.344 e. The monoisotopic (exact) mass is 406 g/mol. The molecule has 15 heteroatoms. The Kier molecular flexibility index (Phi) is 7.77. The lowest BCUT2D eigenvalue weighted by atomic mass is 10.5. The van der Waals surface area contributed by atoms with Gasteiger partial charge in [-0.05, 0) is 27.7 Å². The minimum Gasteiger partial charge on any atom is -0.344 e. The van der Waals surface area contributed by atoms with E-state index in [9.17, 15) is 18.3 Å². The molecule has 0 aliphatic rings. The van der Waals surface area contributed by atoms with Crippen LogP contribution in [0.5, 0.6) is 0 Å². The summed E-state index contributed by atoms with van der Waals surface area (Å²) in [6.45, 7) is 4.75. The first kappa shape index (κ1) is 24.9. The Bertz CT molecular complexity index is 469. The lowest BCUT2D eigenvalue weighted by Crippen LogP contribution is -2.19. The maximum absolute atomic E-state index is 10.9. The van der Waals surface area contributed by atoms with E-state index in [0.717, 1.165) is 34.4 Å². The highest BCUT2D eigenvalue weighted by Gasteiger charge is 2.52. The zero-order valence-electron chi connectivity index (χ0n) is 12.6. The Morgan fingerprint density at radius 1 is 0.545 bits per heavy atom. The van der Waals surface area contributed by atoms with Gasteiger partial charge in [0.1, 0.15) is 4.90 Å². The SMILES string of the molecule is CC(C)(P(=O)(O)O)P(=O)(O)O.CC(C)(P(C)(=O)O)P(=O)(O)O. The molecule has 1 unspecified atom stereocenters. The summed E-state index contributed by atoms with van der Waals surface area (Å²) in [4.78, 5) is 56.1. The van der Waals surface area contributed by atoms with E-state index in [0.29, 0.717) is 0 Å². The summed E-state index contributed by atoms with van der Waals surface area (Å²) in [7, 11) is -17.8. The molecule has 0 fully saturated rings. The Morgan fingerprint density at radius 2 is 0.727 bits per heavy atom. The fourth-order valence-electron chi connectivity index (χ4n) is 0.411. The molecule has 7 N–H and O–H groups in total. The zero-order chi connectivity index (χ0) is 19.0. The van der Waals surface area contributed by atoms with Crippen molar-refractivity contribution in [3.05, 3.63) is 0 Å². The Labute approximate surface area is 127 Å². The van der Waals surface area contributed by atoms with Gasteiger partial charge in [0, 0.05) is 6.66 Å². The summed E-state index contributed by atoms with van der Waals surface area (Å²) in [5, 5.41) is 0. The highest BCUT2D eigenvalue weighted by atomic mass is 31.2. The van der Waals surface area contributed by atoms with E-state index in [-0.39, 0.29) is 0 Å². The quantitative estimate of drug-likeness (QED) is 0.326. The highest BCUT2D eigenvalue weighted by molar-refractivity contribution is 7.75. The van der Waals surface area contributed by atoms with Crippen LogP contribution in [0.2, 0.25) is 0 Å². The van der Waals surface area contributed by atoms with Crippen molar-refractivity contribution in [3.63, 3.8) is 0 Å². The van der Waals surface area contributed by atoms with Crippen LogP contribution in [0.1, 0.15) is 27.7 Å². The van der Waals surface area contributed by atoms with Crippen molar-refractivity contribution < 1.29 is 52.5 Å². The van der Waals surface area contributed by atoms with Crippen molar-refractivity contribution in [2.75, 3.05) is 6.66 Å². The standard InChI is InChI=1S/C4H12O5P2.C3H10O6P2/c1-4(2,10(3,5)6)11(7,8)9;1-3(2,10(4,5)6)11(7,8)9/h1-3H3,(H,5,6)(H2,7,8,9);1-2H3,(H2,4,5,6)(H2,7,8,9). The second-order valence-corrected chi connectivity index (χ2v) is 15.7. The van der Waals surface area contributed by atoms with Crippen molar-refractivity contribution >= 4 is 30.2 Å². The van der Waals surface area contributed by atoms with E-state index in [2.05, 4.69) is 0 Å². The van der Waals surface area contributed by atoms with Gasteiger partial charge in [-0.15, -0.1) is 0 Å². The van der Waals surface area contributed by atoms with Gasteiger partial charge in [0.25, 0.3) is 0 Å². The van der Waals surface area contributed by atoms with Gasteiger partial charge < -0.3 is 34.3 Å². The van der Waals surface area contributed by atoms with Crippen molar-refractivity contribution in [3.8, 4) is 0 Å². The Hall–Kier alpha value is 0.640. The molecule has 0 saturated carbocycles. The van der Waals surface area contributed by atoms with Crippen molar-refractivity contribution in [2.45, 2.75) is 37.5 Å². The van der Waals surface area contributed by atoms with Crippen LogP contribution >= 0.6 is 30.2 Å². The molecule has 0 amide bonds. The topological polar surface area (TPSA) is 210 Å². The molecule has 136 valence electrons. The van der Waals surface area contributed by atoms with Crippen LogP contribution < -0.4 is 0 Å². The summed E-state index contributed by atoms with van der Waals surface area (Å²) in [6, 6.07) is 0. The van der Waals surface area contributed by atoms with E-state index >= 15 is 0 Å². The third-order valence-electron chi connectivity index (χ3n) is 3.15. The first-order chi connectivity index (χ1) is 9.00. The smallest absolute Gasteiger partial charge is 0.343 e. The molecule has 0 radical (unpaired) electrons.